The van der Waals surface area contributed by atoms with Gasteiger partial charge in [-0.3, -0.25) is 9.80 Å². The van der Waals surface area contributed by atoms with Gasteiger partial charge in [-0.2, -0.15) is 0 Å². The van der Waals surface area contributed by atoms with Crippen molar-refractivity contribution in [3.05, 3.63) is 35.4 Å². The van der Waals surface area contributed by atoms with Gasteiger partial charge in [0.05, 0.1) is 0 Å². The van der Waals surface area contributed by atoms with E-state index in [0.29, 0.717) is 6.04 Å². The maximum Gasteiger partial charge on any atom is 0.0343 e. The molecule has 2 rings (SSSR count). The van der Waals surface area contributed by atoms with E-state index in [1.807, 2.05) is 0 Å². The van der Waals surface area contributed by atoms with Gasteiger partial charge < -0.3 is 5.73 Å². The van der Waals surface area contributed by atoms with Crippen LogP contribution < -0.4 is 5.73 Å². The van der Waals surface area contributed by atoms with Crippen LogP contribution in [-0.4, -0.2) is 49.1 Å². The molecule has 1 heterocycles. The summed E-state index contributed by atoms with van der Waals surface area (Å²) in [5, 5.41) is 0. The number of benzene rings is 1. The van der Waals surface area contributed by atoms with E-state index in [9.17, 15) is 0 Å². The van der Waals surface area contributed by atoms with Crippen LogP contribution in [0.5, 0.6) is 0 Å². The molecule has 0 aliphatic carbocycles. The standard InChI is InChI=1S/C14H23N3/c1-12-3-5-13(6-4-12)10-17-8-7-16(2)14(9-15)11-17/h3-6,14H,7-11,15H2,1-2H3. The molecule has 0 bridgehead atoms. The highest BCUT2D eigenvalue weighted by Gasteiger charge is 2.22. The van der Waals surface area contributed by atoms with Gasteiger partial charge in [0.15, 0.2) is 0 Å². The molecular weight excluding hydrogens is 210 g/mol. The summed E-state index contributed by atoms with van der Waals surface area (Å²) in [5.41, 5.74) is 8.53. The van der Waals surface area contributed by atoms with Crippen molar-refractivity contribution < 1.29 is 0 Å². The maximum absolute atomic E-state index is 5.80. The van der Waals surface area contributed by atoms with Crippen LogP contribution in [-0.2, 0) is 6.54 Å². The Morgan fingerprint density at radius 3 is 2.59 bits per heavy atom. The van der Waals surface area contributed by atoms with Gasteiger partial charge in [0.2, 0.25) is 0 Å². The fourth-order valence-corrected chi connectivity index (χ4v) is 2.36. The predicted octanol–water partition coefficient (Wildman–Crippen LogP) is 1.07. The van der Waals surface area contributed by atoms with E-state index >= 15 is 0 Å². The smallest absolute Gasteiger partial charge is 0.0343 e. The molecule has 1 aromatic rings. The van der Waals surface area contributed by atoms with Crippen LogP contribution in [0.25, 0.3) is 0 Å². The van der Waals surface area contributed by atoms with Crippen molar-refractivity contribution in [1.29, 1.82) is 0 Å². The molecule has 1 saturated heterocycles. The minimum atomic E-state index is 0.509. The van der Waals surface area contributed by atoms with E-state index in [2.05, 4.69) is 48.0 Å². The fourth-order valence-electron chi connectivity index (χ4n) is 2.36. The SMILES string of the molecule is Cc1ccc(CN2CCN(C)C(CN)C2)cc1. The van der Waals surface area contributed by atoms with Crippen molar-refractivity contribution in [2.75, 3.05) is 33.2 Å². The molecule has 0 saturated carbocycles. The third-order valence-corrected chi connectivity index (χ3v) is 3.66. The first-order valence-electron chi connectivity index (χ1n) is 6.37. The highest BCUT2D eigenvalue weighted by Crippen LogP contribution is 2.12. The van der Waals surface area contributed by atoms with E-state index in [1.54, 1.807) is 0 Å². The summed E-state index contributed by atoms with van der Waals surface area (Å²) in [6.07, 6.45) is 0. The monoisotopic (exact) mass is 233 g/mol. The molecule has 1 atom stereocenters. The van der Waals surface area contributed by atoms with E-state index in [0.717, 1.165) is 32.7 Å². The van der Waals surface area contributed by atoms with Crippen LogP contribution >= 0.6 is 0 Å². The molecule has 0 aromatic heterocycles. The molecule has 0 radical (unpaired) electrons. The van der Waals surface area contributed by atoms with Crippen LogP contribution in [0, 0.1) is 6.92 Å². The molecule has 3 nitrogen and oxygen atoms in total. The van der Waals surface area contributed by atoms with Gasteiger partial charge in [-0.25, -0.2) is 0 Å². The van der Waals surface area contributed by atoms with Crippen LogP contribution in [0.3, 0.4) is 0 Å². The van der Waals surface area contributed by atoms with Crippen molar-refractivity contribution in [2.45, 2.75) is 19.5 Å². The lowest BCUT2D eigenvalue weighted by Gasteiger charge is -2.39. The van der Waals surface area contributed by atoms with Gasteiger partial charge in [0.1, 0.15) is 0 Å². The molecule has 1 aliphatic heterocycles. The van der Waals surface area contributed by atoms with Crippen molar-refractivity contribution >= 4 is 0 Å². The third-order valence-electron chi connectivity index (χ3n) is 3.66. The van der Waals surface area contributed by atoms with Crippen LogP contribution in [0.4, 0.5) is 0 Å². The van der Waals surface area contributed by atoms with Gasteiger partial charge in [-0.15, -0.1) is 0 Å². The minimum absolute atomic E-state index is 0.509. The number of likely N-dealkylation sites (N-methyl/N-ethyl adjacent to an activating group) is 1. The average molecular weight is 233 g/mol. The summed E-state index contributed by atoms with van der Waals surface area (Å²) in [4.78, 5) is 4.87. The summed E-state index contributed by atoms with van der Waals surface area (Å²) in [6, 6.07) is 9.34. The highest BCUT2D eigenvalue weighted by molar-refractivity contribution is 5.21. The lowest BCUT2D eigenvalue weighted by atomic mass is 10.1. The van der Waals surface area contributed by atoms with Gasteiger partial charge in [0, 0.05) is 38.8 Å². The number of hydrogen-bond acceptors (Lipinski definition) is 3. The van der Waals surface area contributed by atoms with Crippen LogP contribution in [0.1, 0.15) is 11.1 Å². The minimum Gasteiger partial charge on any atom is -0.329 e. The topological polar surface area (TPSA) is 32.5 Å². The van der Waals surface area contributed by atoms with Gasteiger partial charge in [0.25, 0.3) is 0 Å². The Morgan fingerprint density at radius 2 is 1.94 bits per heavy atom. The zero-order chi connectivity index (χ0) is 12.3. The maximum atomic E-state index is 5.80. The number of piperazine rings is 1. The summed E-state index contributed by atoms with van der Waals surface area (Å²) < 4.78 is 0. The van der Waals surface area contributed by atoms with E-state index < -0.39 is 0 Å². The average Bonchev–Trinajstić information content (AvgIpc) is 2.34. The molecular formula is C14H23N3. The van der Waals surface area contributed by atoms with Crippen LogP contribution in [0.15, 0.2) is 24.3 Å². The van der Waals surface area contributed by atoms with Crippen molar-refractivity contribution in [2.24, 2.45) is 5.73 Å². The zero-order valence-corrected chi connectivity index (χ0v) is 10.9. The first kappa shape index (κ1) is 12.6. The lowest BCUT2D eigenvalue weighted by molar-refractivity contribution is 0.0947. The predicted molar refractivity (Wildman–Crippen MR) is 71.9 cm³/mol. The first-order chi connectivity index (χ1) is 8.19. The molecule has 0 spiro atoms. The zero-order valence-electron chi connectivity index (χ0n) is 10.9. The Hall–Kier alpha value is -0.900. The van der Waals surface area contributed by atoms with E-state index in [1.165, 1.54) is 11.1 Å². The summed E-state index contributed by atoms with van der Waals surface area (Å²) in [6.45, 7) is 7.27. The number of nitrogens with zero attached hydrogens (tertiary/aromatic N) is 2. The van der Waals surface area contributed by atoms with Gasteiger partial charge in [-0.05, 0) is 19.5 Å². The summed E-state index contributed by atoms with van der Waals surface area (Å²) >= 11 is 0. The first-order valence-corrected chi connectivity index (χ1v) is 6.37. The number of rotatable bonds is 3. The normalized spacial score (nSPS) is 22.9. The largest absolute Gasteiger partial charge is 0.329 e. The second kappa shape index (κ2) is 5.63. The lowest BCUT2D eigenvalue weighted by Crippen LogP contribution is -2.53. The molecule has 1 aliphatic rings. The molecule has 1 aromatic carbocycles. The van der Waals surface area contributed by atoms with E-state index in [4.69, 9.17) is 5.73 Å². The third kappa shape index (κ3) is 3.28. The fraction of sp³-hybridized carbons (Fsp3) is 0.571. The van der Waals surface area contributed by atoms with Crippen molar-refractivity contribution in [3.8, 4) is 0 Å². The Balaban J connectivity index is 1.93. The summed E-state index contributed by atoms with van der Waals surface area (Å²) in [7, 11) is 2.17. The Labute approximate surface area is 104 Å². The number of hydrogen-bond donors (Lipinski definition) is 1. The van der Waals surface area contributed by atoms with Crippen LogP contribution in [0.2, 0.25) is 0 Å². The molecule has 1 unspecified atom stereocenters. The Kier molecular flexibility index (Phi) is 4.15. The molecule has 94 valence electrons. The van der Waals surface area contributed by atoms with Gasteiger partial charge >= 0.3 is 0 Å². The van der Waals surface area contributed by atoms with Crippen molar-refractivity contribution in [3.63, 3.8) is 0 Å². The molecule has 2 N–H and O–H groups in total. The Bertz CT molecular complexity index is 347. The van der Waals surface area contributed by atoms with E-state index in [-0.39, 0.29) is 0 Å². The van der Waals surface area contributed by atoms with Crippen molar-refractivity contribution in [1.82, 2.24) is 9.80 Å². The quantitative estimate of drug-likeness (QED) is 0.847. The molecule has 17 heavy (non-hydrogen) atoms. The number of nitrogens with two attached hydrogens (primary N) is 1. The number of aryl methyl sites for hydroxylation is 1. The van der Waals surface area contributed by atoms with Gasteiger partial charge in [-0.1, -0.05) is 29.8 Å². The highest BCUT2D eigenvalue weighted by atomic mass is 15.3. The molecule has 1 fully saturated rings. The second-order valence-electron chi connectivity index (χ2n) is 5.09. The molecule has 3 heteroatoms. The summed E-state index contributed by atoms with van der Waals surface area (Å²) in [5.74, 6) is 0. The molecule has 0 amide bonds. The second-order valence-corrected chi connectivity index (χ2v) is 5.09. The Morgan fingerprint density at radius 1 is 1.24 bits per heavy atom.